The number of nitriles is 1. The van der Waals surface area contributed by atoms with Gasteiger partial charge in [0.05, 0.1) is 0 Å². The Bertz CT molecular complexity index is 159. The van der Waals surface area contributed by atoms with Crippen molar-refractivity contribution in [1.82, 2.24) is 4.90 Å². The van der Waals surface area contributed by atoms with Crippen molar-refractivity contribution in [2.75, 3.05) is 6.54 Å². The van der Waals surface area contributed by atoms with Gasteiger partial charge >= 0.3 is 0 Å². The van der Waals surface area contributed by atoms with Crippen molar-refractivity contribution in [2.45, 2.75) is 19.3 Å². The number of hydrogen-bond donors (Lipinski definition) is 0. The molecule has 1 heterocycles. The first-order valence-electron chi connectivity index (χ1n) is 3.04. The molecule has 9 heavy (non-hydrogen) atoms. The molecule has 1 amide bonds. The Balaban J connectivity index is 2.51. The SMILES string of the molecule is N#CN1CCCCC1=O. The predicted octanol–water partition coefficient (Wildman–Crippen LogP) is 0.480. The van der Waals surface area contributed by atoms with E-state index in [0.29, 0.717) is 13.0 Å². The van der Waals surface area contributed by atoms with Crippen LogP contribution < -0.4 is 0 Å². The van der Waals surface area contributed by atoms with Gasteiger partial charge in [0.1, 0.15) is 0 Å². The van der Waals surface area contributed by atoms with E-state index in [1.807, 2.05) is 6.19 Å². The van der Waals surface area contributed by atoms with Crippen LogP contribution in [0.2, 0.25) is 0 Å². The zero-order valence-electron chi connectivity index (χ0n) is 5.13. The molecule has 1 rings (SSSR count). The molecule has 3 nitrogen and oxygen atoms in total. The standard InChI is InChI=1S/C6H8N2O/c7-5-8-4-2-1-3-6(8)9/h1-4H2. The molecule has 1 aliphatic heterocycles. The highest BCUT2D eigenvalue weighted by atomic mass is 16.2. The third kappa shape index (κ3) is 1.20. The lowest BCUT2D eigenvalue weighted by Gasteiger charge is -2.17. The lowest BCUT2D eigenvalue weighted by atomic mass is 10.1. The molecule has 1 fully saturated rings. The highest BCUT2D eigenvalue weighted by Gasteiger charge is 2.16. The van der Waals surface area contributed by atoms with Crippen molar-refractivity contribution in [2.24, 2.45) is 0 Å². The zero-order chi connectivity index (χ0) is 6.69. The fourth-order valence-corrected chi connectivity index (χ4v) is 0.912. The molecule has 0 aromatic heterocycles. The molecule has 48 valence electrons. The Kier molecular flexibility index (Phi) is 1.69. The zero-order valence-corrected chi connectivity index (χ0v) is 5.13. The van der Waals surface area contributed by atoms with E-state index in [0.717, 1.165) is 12.8 Å². The van der Waals surface area contributed by atoms with Gasteiger partial charge in [0.15, 0.2) is 6.19 Å². The van der Waals surface area contributed by atoms with Gasteiger partial charge in [-0.05, 0) is 12.8 Å². The van der Waals surface area contributed by atoms with Crippen molar-refractivity contribution >= 4 is 5.91 Å². The third-order valence-corrected chi connectivity index (χ3v) is 1.44. The second-order valence-corrected chi connectivity index (χ2v) is 2.10. The summed E-state index contributed by atoms with van der Waals surface area (Å²) in [5, 5.41) is 8.32. The maximum absolute atomic E-state index is 10.7. The summed E-state index contributed by atoms with van der Waals surface area (Å²) in [5.74, 6) is -0.0243. The number of hydrogen-bond acceptors (Lipinski definition) is 2. The Morgan fingerprint density at radius 2 is 2.33 bits per heavy atom. The number of likely N-dealkylation sites (tertiary alicyclic amines) is 1. The van der Waals surface area contributed by atoms with E-state index < -0.39 is 0 Å². The maximum Gasteiger partial charge on any atom is 0.235 e. The van der Waals surface area contributed by atoms with Gasteiger partial charge in [0.2, 0.25) is 5.91 Å². The van der Waals surface area contributed by atoms with E-state index in [1.54, 1.807) is 0 Å². The predicted molar refractivity (Wildman–Crippen MR) is 31.2 cm³/mol. The molecule has 0 unspecified atom stereocenters. The monoisotopic (exact) mass is 124 g/mol. The normalized spacial score (nSPS) is 19.4. The Labute approximate surface area is 53.9 Å². The van der Waals surface area contributed by atoms with Gasteiger partial charge in [-0.1, -0.05) is 0 Å². The smallest absolute Gasteiger partial charge is 0.235 e. The van der Waals surface area contributed by atoms with Crippen LogP contribution in [0.3, 0.4) is 0 Å². The lowest BCUT2D eigenvalue weighted by molar-refractivity contribution is -0.129. The van der Waals surface area contributed by atoms with Crippen molar-refractivity contribution < 1.29 is 4.79 Å². The summed E-state index contributed by atoms with van der Waals surface area (Å²) in [4.78, 5) is 12.0. The summed E-state index contributed by atoms with van der Waals surface area (Å²) >= 11 is 0. The van der Waals surface area contributed by atoms with Gasteiger partial charge < -0.3 is 0 Å². The van der Waals surface area contributed by atoms with Crippen LogP contribution in [0, 0.1) is 11.5 Å². The first-order chi connectivity index (χ1) is 4.34. The van der Waals surface area contributed by atoms with Crippen LogP contribution in [-0.4, -0.2) is 17.4 Å². The van der Waals surface area contributed by atoms with E-state index in [2.05, 4.69) is 0 Å². The summed E-state index contributed by atoms with van der Waals surface area (Å²) in [6.45, 7) is 0.620. The minimum absolute atomic E-state index is 0.0243. The van der Waals surface area contributed by atoms with E-state index in [-0.39, 0.29) is 5.91 Å². The largest absolute Gasteiger partial charge is 0.274 e. The van der Waals surface area contributed by atoms with Crippen LogP contribution in [-0.2, 0) is 4.79 Å². The summed E-state index contributed by atoms with van der Waals surface area (Å²) in [6, 6.07) is 0. The van der Waals surface area contributed by atoms with Crippen LogP contribution in [0.5, 0.6) is 0 Å². The highest BCUT2D eigenvalue weighted by molar-refractivity contribution is 5.78. The number of rotatable bonds is 0. The molecular weight excluding hydrogens is 116 g/mol. The maximum atomic E-state index is 10.7. The molecule has 1 saturated heterocycles. The molecule has 0 aromatic carbocycles. The van der Waals surface area contributed by atoms with Crippen LogP contribution in [0.4, 0.5) is 0 Å². The molecule has 0 bridgehead atoms. The number of carbonyl (C=O) groups excluding carboxylic acids is 1. The van der Waals surface area contributed by atoms with Crippen LogP contribution >= 0.6 is 0 Å². The number of carbonyl (C=O) groups is 1. The molecule has 1 aliphatic rings. The molecule has 0 aromatic rings. The number of piperidine rings is 1. The second kappa shape index (κ2) is 2.49. The average molecular weight is 124 g/mol. The van der Waals surface area contributed by atoms with E-state index in [9.17, 15) is 4.79 Å². The fraction of sp³-hybridized carbons (Fsp3) is 0.667. The van der Waals surface area contributed by atoms with Crippen molar-refractivity contribution in [3.63, 3.8) is 0 Å². The van der Waals surface area contributed by atoms with Crippen LogP contribution in [0.25, 0.3) is 0 Å². The van der Waals surface area contributed by atoms with E-state index >= 15 is 0 Å². The Morgan fingerprint density at radius 3 is 2.78 bits per heavy atom. The van der Waals surface area contributed by atoms with E-state index in [4.69, 9.17) is 5.26 Å². The van der Waals surface area contributed by atoms with Crippen molar-refractivity contribution in [1.29, 1.82) is 5.26 Å². The lowest BCUT2D eigenvalue weighted by Crippen LogP contribution is -2.30. The molecule has 0 N–H and O–H groups in total. The first-order valence-corrected chi connectivity index (χ1v) is 3.04. The minimum Gasteiger partial charge on any atom is -0.274 e. The Hall–Kier alpha value is -1.04. The van der Waals surface area contributed by atoms with Crippen molar-refractivity contribution in [3.8, 4) is 6.19 Å². The molecule has 0 spiro atoms. The molecule has 0 saturated carbocycles. The van der Waals surface area contributed by atoms with Gasteiger partial charge in [-0.25, -0.2) is 4.90 Å². The van der Waals surface area contributed by atoms with Crippen molar-refractivity contribution in [3.05, 3.63) is 0 Å². The van der Waals surface area contributed by atoms with Gasteiger partial charge in [-0.2, -0.15) is 5.26 Å². The summed E-state index contributed by atoms with van der Waals surface area (Å²) in [5.41, 5.74) is 0. The minimum atomic E-state index is -0.0243. The topological polar surface area (TPSA) is 44.1 Å². The first kappa shape index (κ1) is 6.09. The Morgan fingerprint density at radius 1 is 1.56 bits per heavy atom. The summed E-state index contributed by atoms with van der Waals surface area (Å²) in [6.07, 6.45) is 4.30. The van der Waals surface area contributed by atoms with Crippen LogP contribution in [0.15, 0.2) is 0 Å². The third-order valence-electron chi connectivity index (χ3n) is 1.44. The van der Waals surface area contributed by atoms with E-state index in [1.165, 1.54) is 4.90 Å². The quantitative estimate of drug-likeness (QED) is 0.441. The second-order valence-electron chi connectivity index (χ2n) is 2.10. The van der Waals surface area contributed by atoms with Gasteiger partial charge in [0.25, 0.3) is 0 Å². The van der Waals surface area contributed by atoms with Gasteiger partial charge in [-0.3, -0.25) is 4.79 Å². The highest BCUT2D eigenvalue weighted by Crippen LogP contribution is 2.08. The van der Waals surface area contributed by atoms with Crippen LogP contribution in [0.1, 0.15) is 19.3 Å². The molecule has 0 atom stereocenters. The summed E-state index contributed by atoms with van der Waals surface area (Å²) < 4.78 is 0. The molecule has 3 heteroatoms. The average Bonchev–Trinajstić information content (AvgIpc) is 1.89. The van der Waals surface area contributed by atoms with Gasteiger partial charge in [-0.15, -0.1) is 0 Å². The number of amides is 1. The molecule has 0 radical (unpaired) electrons. The van der Waals surface area contributed by atoms with Gasteiger partial charge in [0, 0.05) is 13.0 Å². The molecular formula is C6H8N2O. The summed E-state index contributed by atoms with van der Waals surface area (Å²) in [7, 11) is 0. The number of nitrogens with zero attached hydrogens (tertiary/aromatic N) is 2. The fourth-order valence-electron chi connectivity index (χ4n) is 0.912. The molecule has 0 aliphatic carbocycles.